The van der Waals surface area contributed by atoms with Gasteiger partial charge in [0.05, 0.1) is 13.2 Å². The van der Waals surface area contributed by atoms with Crippen LogP contribution in [0.3, 0.4) is 0 Å². The van der Waals surface area contributed by atoms with Gasteiger partial charge in [0, 0.05) is 55.6 Å². The number of aromatic nitrogens is 2. The van der Waals surface area contributed by atoms with Crippen LogP contribution in [0.15, 0.2) is 15.3 Å². The second-order valence-corrected chi connectivity index (χ2v) is 8.42. The molecule has 2 N–H and O–H groups in total. The number of nitrogens with zero attached hydrogens (tertiary/aromatic N) is 3. The van der Waals surface area contributed by atoms with Crippen molar-refractivity contribution in [2.45, 2.75) is 46.2 Å². The third kappa shape index (κ3) is 4.99. The molecule has 168 valence electrons. The van der Waals surface area contributed by atoms with Crippen molar-refractivity contribution >= 4 is 11.9 Å². The Balaban J connectivity index is 1.32. The summed E-state index contributed by atoms with van der Waals surface area (Å²) in [6.45, 7) is 11.0. The quantitative estimate of drug-likeness (QED) is 0.743. The predicted molar refractivity (Wildman–Crippen MR) is 117 cm³/mol. The highest BCUT2D eigenvalue weighted by atomic mass is 16.5. The Morgan fingerprint density at radius 3 is 2.58 bits per heavy atom. The number of carbonyl (C=O) groups is 1. The van der Waals surface area contributed by atoms with Crippen molar-refractivity contribution < 1.29 is 13.9 Å². The molecule has 2 aromatic rings. The van der Waals surface area contributed by atoms with E-state index in [1.807, 2.05) is 19.9 Å². The molecule has 0 saturated carbocycles. The molecule has 31 heavy (non-hydrogen) atoms. The summed E-state index contributed by atoms with van der Waals surface area (Å²) in [6.07, 6.45) is 1.56. The minimum Gasteiger partial charge on any atom is -0.456 e. The molecule has 0 spiro atoms. The molecule has 2 aliphatic rings. The Bertz CT molecular complexity index is 984. The van der Waals surface area contributed by atoms with Gasteiger partial charge in [0.2, 0.25) is 5.95 Å². The molecule has 0 unspecified atom stereocenters. The van der Waals surface area contributed by atoms with E-state index in [1.54, 1.807) is 6.92 Å². The van der Waals surface area contributed by atoms with Crippen molar-refractivity contribution in [2.75, 3.05) is 44.3 Å². The average molecular weight is 430 g/mol. The number of aryl methyl sites for hydroxylation is 2. The first-order valence-corrected chi connectivity index (χ1v) is 10.9. The first-order chi connectivity index (χ1) is 14.9. The van der Waals surface area contributed by atoms with Crippen molar-refractivity contribution in [3.8, 4) is 0 Å². The maximum atomic E-state index is 12.7. The first kappa shape index (κ1) is 21.6. The van der Waals surface area contributed by atoms with Crippen LogP contribution in [0, 0.1) is 20.8 Å². The van der Waals surface area contributed by atoms with E-state index in [0.29, 0.717) is 17.3 Å². The van der Waals surface area contributed by atoms with Crippen LogP contribution in [0.25, 0.3) is 0 Å². The molecule has 2 saturated heterocycles. The van der Waals surface area contributed by atoms with E-state index in [9.17, 15) is 9.59 Å². The van der Waals surface area contributed by atoms with E-state index in [0.717, 1.165) is 75.8 Å². The minimum atomic E-state index is -0.174. The number of hydrogen-bond acceptors (Lipinski definition) is 7. The molecule has 0 bridgehead atoms. The summed E-state index contributed by atoms with van der Waals surface area (Å²) in [4.78, 5) is 36.5. The van der Waals surface area contributed by atoms with E-state index >= 15 is 0 Å². The number of anilines is 1. The summed E-state index contributed by atoms with van der Waals surface area (Å²) in [6, 6.07) is 1.93. The highest BCUT2D eigenvalue weighted by Gasteiger charge is 2.25. The minimum absolute atomic E-state index is 0.0649. The van der Waals surface area contributed by atoms with Crippen molar-refractivity contribution in [1.29, 1.82) is 0 Å². The van der Waals surface area contributed by atoms with Gasteiger partial charge in [0.1, 0.15) is 5.76 Å². The third-order valence-electron chi connectivity index (χ3n) is 6.25. The van der Waals surface area contributed by atoms with Crippen LogP contribution < -0.4 is 15.8 Å². The molecule has 0 radical (unpaired) electrons. The summed E-state index contributed by atoms with van der Waals surface area (Å²) < 4.78 is 11.2. The molecule has 0 aromatic carbocycles. The van der Waals surface area contributed by atoms with Crippen LogP contribution in [0.1, 0.15) is 46.0 Å². The van der Waals surface area contributed by atoms with E-state index in [2.05, 4.69) is 25.1 Å². The first-order valence-electron chi connectivity index (χ1n) is 10.9. The lowest BCUT2D eigenvalue weighted by Gasteiger charge is -2.32. The average Bonchev–Trinajstić information content (AvgIpc) is 3.13. The summed E-state index contributed by atoms with van der Waals surface area (Å²) in [5, 5.41) is 3.10. The van der Waals surface area contributed by atoms with Gasteiger partial charge in [-0.3, -0.25) is 19.5 Å². The molecule has 0 aliphatic carbocycles. The maximum Gasteiger partial charge on any atom is 0.287 e. The zero-order chi connectivity index (χ0) is 22.0. The van der Waals surface area contributed by atoms with Crippen LogP contribution in [-0.4, -0.2) is 66.2 Å². The molecule has 9 nitrogen and oxygen atoms in total. The van der Waals surface area contributed by atoms with Gasteiger partial charge in [-0.05, 0) is 39.7 Å². The van der Waals surface area contributed by atoms with Crippen molar-refractivity contribution in [3.63, 3.8) is 0 Å². The SMILES string of the molecule is Cc1nc(N2CCC(NC(=O)c3cc(CN4CCOCC4)c(C)o3)CC2)[nH]c(=O)c1C. The monoisotopic (exact) mass is 429 g/mol. The number of H-pyrrole nitrogens is 1. The molecular formula is C22H31N5O4. The van der Waals surface area contributed by atoms with Gasteiger partial charge in [-0.25, -0.2) is 4.98 Å². The normalized spacial score (nSPS) is 18.4. The van der Waals surface area contributed by atoms with Crippen LogP contribution in [-0.2, 0) is 11.3 Å². The maximum absolute atomic E-state index is 12.7. The van der Waals surface area contributed by atoms with Gasteiger partial charge in [-0.15, -0.1) is 0 Å². The molecule has 4 heterocycles. The van der Waals surface area contributed by atoms with Gasteiger partial charge in [-0.2, -0.15) is 0 Å². The lowest BCUT2D eigenvalue weighted by molar-refractivity contribution is 0.0340. The highest BCUT2D eigenvalue weighted by Crippen LogP contribution is 2.20. The summed E-state index contributed by atoms with van der Waals surface area (Å²) >= 11 is 0. The number of ether oxygens (including phenoxy) is 1. The Kier molecular flexibility index (Phi) is 6.43. The third-order valence-corrected chi connectivity index (χ3v) is 6.25. The zero-order valence-electron chi connectivity index (χ0n) is 18.5. The Labute approximate surface area is 181 Å². The second-order valence-electron chi connectivity index (χ2n) is 8.42. The molecule has 4 rings (SSSR count). The molecule has 2 fully saturated rings. The van der Waals surface area contributed by atoms with Gasteiger partial charge in [0.25, 0.3) is 11.5 Å². The van der Waals surface area contributed by atoms with E-state index < -0.39 is 0 Å². The number of nitrogens with one attached hydrogen (secondary N) is 2. The fourth-order valence-electron chi connectivity index (χ4n) is 4.06. The van der Waals surface area contributed by atoms with Gasteiger partial charge in [0.15, 0.2) is 5.76 Å². The number of rotatable bonds is 5. The van der Waals surface area contributed by atoms with Crippen molar-refractivity contribution in [2.24, 2.45) is 0 Å². The number of hydrogen-bond donors (Lipinski definition) is 2. The molecule has 0 atom stereocenters. The largest absolute Gasteiger partial charge is 0.456 e. The molecule has 2 aliphatic heterocycles. The fourth-order valence-corrected chi connectivity index (χ4v) is 4.06. The van der Waals surface area contributed by atoms with Gasteiger partial charge >= 0.3 is 0 Å². The molecule has 1 amide bonds. The standard InChI is InChI=1S/C22H31N5O4/c1-14-15(2)23-22(25-20(14)28)27-6-4-18(5-7-27)24-21(29)19-12-17(16(3)31-19)13-26-8-10-30-11-9-26/h12,18H,4-11,13H2,1-3H3,(H,24,29)(H,23,25,28). The molecule has 2 aromatic heterocycles. The smallest absolute Gasteiger partial charge is 0.287 e. The zero-order valence-corrected chi connectivity index (χ0v) is 18.5. The topological polar surface area (TPSA) is 104 Å². The van der Waals surface area contributed by atoms with E-state index in [4.69, 9.17) is 9.15 Å². The Morgan fingerprint density at radius 2 is 1.90 bits per heavy atom. The van der Waals surface area contributed by atoms with Crippen molar-refractivity contribution in [3.05, 3.63) is 44.8 Å². The number of carbonyl (C=O) groups excluding carboxylic acids is 1. The van der Waals surface area contributed by atoms with Crippen LogP contribution in [0.5, 0.6) is 0 Å². The Morgan fingerprint density at radius 1 is 1.19 bits per heavy atom. The summed E-state index contributed by atoms with van der Waals surface area (Å²) in [5.41, 5.74) is 2.34. The number of furan rings is 1. The predicted octanol–water partition coefficient (Wildman–Crippen LogP) is 1.52. The summed E-state index contributed by atoms with van der Waals surface area (Å²) in [5.74, 6) is 1.58. The lowest BCUT2D eigenvalue weighted by Crippen LogP contribution is -2.45. The summed E-state index contributed by atoms with van der Waals surface area (Å²) in [7, 11) is 0. The van der Waals surface area contributed by atoms with Crippen molar-refractivity contribution in [1.82, 2.24) is 20.2 Å². The molecule has 9 heteroatoms. The lowest BCUT2D eigenvalue weighted by atomic mass is 10.1. The van der Waals surface area contributed by atoms with Gasteiger partial charge < -0.3 is 19.4 Å². The van der Waals surface area contributed by atoms with Gasteiger partial charge in [-0.1, -0.05) is 0 Å². The molecular weight excluding hydrogens is 398 g/mol. The highest BCUT2D eigenvalue weighted by molar-refractivity contribution is 5.92. The second kappa shape index (κ2) is 9.23. The number of aromatic amines is 1. The van der Waals surface area contributed by atoms with Crippen LogP contribution in [0.2, 0.25) is 0 Å². The van der Waals surface area contributed by atoms with E-state index in [1.165, 1.54) is 0 Å². The van der Waals surface area contributed by atoms with Crippen LogP contribution >= 0.6 is 0 Å². The Hall–Kier alpha value is -2.65. The van der Waals surface area contributed by atoms with E-state index in [-0.39, 0.29) is 17.5 Å². The number of piperidine rings is 1. The number of amides is 1. The number of morpholine rings is 1. The van der Waals surface area contributed by atoms with Crippen LogP contribution in [0.4, 0.5) is 5.95 Å². The fraction of sp³-hybridized carbons (Fsp3) is 0.591.